The fourth-order valence-electron chi connectivity index (χ4n) is 1.50. The van der Waals surface area contributed by atoms with Crippen molar-refractivity contribution in [2.45, 2.75) is 20.8 Å². The topological polar surface area (TPSA) is 49.9 Å². The molecule has 3 nitrogen and oxygen atoms in total. The molecule has 0 amide bonds. The number of aromatic nitrogens is 1. The van der Waals surface area contributed by atoms with Crippen molar-refractivity contribution in [3.63, 3.8) is 0 Å². The van der Waals surface area contributed by atoms with Gasteiger partial charge in [0, 0.05) is 22.5 Å². The van der Waals surface area contributed by atoms with E-state index in [1.807, 2.05) is 32.0 Å². The fraction of sp³-hybridized carbons (Fsp3) is 0.231. The minimum absolute atomic E-state index is 0.0905. The number of aromatic amines is 1. The molecule has 3 heteroatoms. The van der Waals surface area contributed by atoms with Crippen LogP contribution in [0.1, 0.15) is 31.1 Å². The van der Waals surface area contributed by atoms with Crippen LogP contribution in [0.2, 0.25) is 0 Å². The molecule has 0 spiro atoms. The van der Waals surface area contributed by atoms with Crippen molar-refractivity contribution in [1.82, 2.24) is 4.98 Å². The Kier molecular flexibility index (Phi) is 4.00. The molecule has 2 aromatic rings. The van der Waals surface area contributed by atoms with E-state index < -0.39 is 0 Å². The van der Waals surface area contributed by atoms with Gasteiger partial charge in [0.05, 0.1) is 0 Å². The molecular weight excluding hydrogens is 202 g/mol. The Labute approximate surface area is 94.1 Å². The Morgan fingerprint density at radius 1 is 1.19 bits per heavy atom. The van der Waals surface area contributed by atoms with E-state index in [1.165, 1.54) is 13.0 Å². The predicted octanol–water partition coefficient (Wildman–Crippen LogP) is 2.76. The van der Waals surface area contributed by atoms with Gasteiger partial charge >= 0.3 is 0 Å². The van der Waals surface area contributed by atoms with E-state index in [2.05, 4.69) is 4.98 Å². The molecule has 1 heterocycles. The molecule has 0 aliphatic rings. The highest BCUT2D eigenvalue weighted by Crippen LogP contribution is 2.14. The zero-order valence-electron chi connectivity index (χ0n) is 9.70. The van der Waals surface area contributed by atoms with E-state index in [9.17, 15) is 9.59 Å². The maximum atomic E-state index is 11.3. The second kappa shape index (κ2) is 5.26. The van der Waals surface area contributed by atoms with Gasteiger partial charge in [-0.15, -0.1) is 0 Å². The molecule has 0 fully saturated rings. The van der Waals surface area contributed by atoms with Crippen molar-refractivity contribution in [1.29, 1.82) is 0 Å². The van der Waals surface area contributed by atoms with Crippen LogP contribution in [-0.4, -0.2) is 10.8 Å². The summed E-state index contributed by atoms with van der Waals surface area (Å²) in [4.78, 5) is 25.1. The quantitative estimate of drug-likeness (QED) is 0.747. The molecule has 0 aliphatic heterocycles. The minimum atomic E-state index is -0.242. The number of benzene rings is 1. The maximum absolute atomic E-state index is 11.3. The molecule has 0 saturated carbocycles. The van der Waals surface area contributed by atoms with Crippen molar-refractivity contribution in [2.75, 3.05) is 0 Å². The van der Waals surface area contributed by atoms with Crippen LogP contribution < -0.4 is 5.56 Å². The molecule has 16 heavy (non-hydrogen) atoms. The van der Waals surface area contributed by atoms with Gasteiger partial charge in [0.2, 0.25) is 5.56 Å². The van der Waals surface area contributed by atoms with Gasteiger partial charge in [-0.05, 0) is 13.0 Å². The van der Waals surface area contributed by atoms with Gasteiger partial charge in [0.1, 0.15) is 0 Å². The first-order valence-corrected chi connectivity index (χ1v) is 5.31. The van der Waals surface area contributed by atoms with Gasteiger partial charge in [-0.1, -0.05) is 32.0 Å². The van der Waals surface area contributed by atoms with Gasteiger partial charge in [0.25, 0.3) is 0 Å². The summed E-state index contributed by atoms with van der Waals surface area (Å²) < 4.78 is 0. The summed E-state index contributed by atoms with van der Waals surface area (Å²) in [6.45, 7) is 5.46. The number of para-hydroxylation sites is 1. The number of fused-ring (bicyclic) bond motifs is 1. The van der Waals surface area contributed by atoms with Crippen LogP contribution in [0.15, 0.2) is 35.1 Å². The van der Waals surface area contributed by atoms with Crippen LogP contribution >= 0.6 is 0 Å². The molecule has 0 atom stereocenters. The molecule has 0 aliphatic carbocycles. The predicted molar refractivity (Wildman–Crippen MR) is 65.9 cm³/mol. The van der Waals surface area contributed by atoms with E-state index >= 15 is 0 Å². The second-order valence-corrected chi connectivity index (χ2v) is 3.15. The summed E-state index contributed by atoms with van der Waals surface area (Å²) in [6.07, 6.45) is 0. The number of H-pyrrole nitrogens is 1. The van der Waals surface area contributed by atoms with Gasteiger partial charge < -0.3 is 4.98 Å². The molecule has 0 unspecified atom stereocenters. The van der Waals surface area contributed by atoms with Crippen LogP contribution in [0.4, 0.5) is 0 Å². The van der Waals surface area contributed by atoms with Crippen LogP contribution in [0.5, 0.6) is 0 Å². The summed E-state index contributed by atoms with van der Waals surface area (Å²) in [7, 11) is 0. The third-order valence-corrected chi connectivity index (χ3v) is 2.13. The fourth-order valence-corrected chi connectivity index (χ4v) is 1.50. The number of carbonyl (C=O) groups excluding carboxylic acids is 1. The van der Waals surface area contributed by atoms with E-state index in [0.717, 1.165) is 5.39 Å². The van der Waals surface area contributed by atoms with Crippen LogP contribution in [0.3, 0.4) is 0 Å². The van der Waals surface area contributed by atoms with E-state index in [4.69, 9.17) is 0 Å². The highest BCUT2D eigenvalue weighted by Gasteiger charge is 2.06. The van der Waals surface area contributed by atoms with Gasteiger partial charge in [-0.25, -0.2) is 0 Å². The van der Waals surface area contributed by atoms with Crippen molar-refractivity contribution >= 4 is 16.7 Å². The first kappa shape index (κ1) is 12.2. The number of carbonyl (C=O) groups is 1. The maximum Gasteiger partial charge on any atom is 0.249 e. The van der Waals surface area contributed by atoms with Crippen LogP contribution in [-0.2, 0) is 0 Å². The highest BCUT2D eigenvalue weighted by atomic mass is 16.1. The zero-order valence-corrected chi connectivity index (χ0v) is 9.70. The molecule has 84 valence electrons. The standard InChI is InChI=1S/C11H9NO2.C2H6/c1-7(13)9-6-11(14)12-10-5-3-2-4-8(9)10;1-2/h2-6H,1H3,(H,12,14);1-2H3. The second-order valence-electron chi connectivity index (χ2n) is 3.15. The number of hydrogen-bond acceptors (Lipinski definition) is 2. The van der Waals surface area contributed by atoms with Gasteiger partial charge in [-0.2, -0.15) is 0 Å². The van der Waals surface area contributed by atoms with Crippen LogP contribution in [0.25, 0.3) is 10.9 Å². The van der Waals surface area contributed by atoms with E-state index in [1.54, 1.807) is 6.07 Å². The van der Waals surface area contributed by atoms with E-state index in [0.29, 0.717) is 11.1 Å². The Morgan fingerprint density at radius 2 is 1.81 bits per heavy atom. The van der Waals surface area contributed by atoms with Crippen molar-refractivity contribution in [3.8, 4) is 0 Å². The number of hydrogen-bond donors (Lipinski definition) is 1. The first-order valence-electron chi connectivity index (χ1n) is 5.31. The lowest BCUT2D eigenvalue weighted by Crippen LogP contribution is -2.08. The first-order chi connectivity index (χ1) is 7.68. The minimum Gasteiger partial charge on any atom is -0.322 e. The number of nitrogens with one attached hydrogen (secondary N) is 1. The SMILES string of the molecule is CC.CC(=O)c1cc(=O)[nH]c2ccccc12. The monoisotopic (exact) mass is 217 g/mol. The average Bonchev–Trinajstić information content (AvgIpc) is 2.30. The van der Waals surface area contributed by atoms with Crippen LogP contribution in [0, 0.1) is 0 Å². The average molecular weight is 217 g/mol. The normalized spacial score (nSPS) is 9.44. The summed E-state index contributed by atoms with van der Waals surface area (Å²) in [6, 6.07) is 8.60. The molecule has 1 aromatic carbocycles. The molecular formula is C13H15NO2. The number of rotatable bonds is 1. The number of ketones is 1. The lowest BCUT2D eigenvalue weighted by atomic mass is 10.1. The van der Waals surface area contributed by atoms with Gasteiger partial charge in [0.15, 0.2) is 5.78 Å². The number of pyridine rings is 1. The third-order valence-electron chi connectivity index (χ3n) is 2.13. The smallest absolute Gasteiger partial charge is 0.249 e. The van der Waals surface area contributed by atoms with Crippen molar-refractivity contribution in [2.24, 2.45) is 0 Å². The molecule has 2 rings (SSSR count). The summed E-state index contributed by atoms with van der Waals surface area (Å²) in [5.74, 6) is -0.0905. The summed E-state index contributed by atoms with van der Waals surface area (Å²) in [5.41, 5.74) is 0.934. The molecule has 0 radical (unpaired) electrons. The van der Waals surface area contributed by atoms with Gasteiger partial charge in [-0.3, -0.25) is 9.59 Å². The van der Waals surface area contributed by atoms with E-state index in [-0.39, 0.29) is 11.3 Å². The molecule has 1 aromatic heterocycles. The lowest BCUT2D eigenvalue weighted by Gasteiger charge is -2.01. The molecule has 0 saturated heterocycles. The highest BCUT2D eigenvalue weighted by molar-refractivity contribution is 6.05. The van der Waals surface area contributed by atoms with Crippen molar-refractivity contribution < 1.29 is 4.79 Å². The van der Waals surface area contributed by atoms with Crippen molar-refractivity contribution in [3.05, 3.63) is 46.2 Å². The summed E-state index contributed by atoms with van der Waals surface area (Å²) in [5, 5.41) is 0.791. The Bertz CT molecular complexity index is 555. The molecule has 0 bridgehead atoms. The summed E-state index contributed by atoms with van der Waals surface area (Å²) >= 11 is 0. The largest absolute Gasteiger partial charge is 0.322 e. The number of Topliss-reactive ketones (excluding diaryl/α,β-unsaturated/α-hetero) is 1. The zero-order chi connectivity index (χ0) is 12.1. The molecule has 1 N–H and O–H groups in total. The lowest BCUT2D eigenvalue weighted by molar-refractivity contribution is 0.101. The Hall–Kier alpha value is -1.90. The Morgan fingerprint density at radius 3 is 2.44 bits per heavy atom. The third kappa shape index (κ3) is 2.37. The Balaban J connectivity index is 0.000000606.